The van der Waals surface area contributed by atoms with Gasteiger partial charge in [-0.2, -0.15) is 0 Å². The van der Waals surface area contributed by atoms with Crippen molar-refractivity contribution in [1.82, 2.24) is 5.32 Å². The SMILES string of the molecule is COc1ccc(CCC(=O)N[C@H]2CC(C)(C)Oc3ccc(C)cc32)cc1C. The van der Waals surface area contributed by atoms with Crippen molar-refractivity contribution < 1.29 is 14.3 Å². The zero-order valence-corrected chi connectivity index (χ0v) is 16.9. The van der Waals surface area contributed by atoms with Crippen LogP contribution < -0.4 is 14.8 Å². The lowest BCUT2D eigenvalue weighted by atomic mass is 9.89. The second-order valence-electron chi connectivity index (χ2n) is 8.03. The van der Waals surface area contributed by atoms with E-state index in [9.17, 15) is 4.79 Å². The summed E-state index contributed by atoms with van der Waals surface area (Å²) in [4.78, 5) is 12.6. The molecule has 4 heteroatoms. The Balaban J connectivity index is 1.67. The van der Waals surface area contributed by atoms with Crippen LogP contribution in [0.2, 0.25) is 0 Å². The topological polar surface area (TPSA) is 47.6 Å². The summed E-state index contributed by atoms with van der Waals surface area (Å²) in [6, 6.07) is 12.2. The van der Waals surface area contributed by atoms with Gasteiger partial charge in [-0.15, -0.1) is 0 Å². The zero-order valence-electron chi connectivity index (χ0n) is 16.9. The van der Waals surface area contributed by atoms with E-state index >= 15 is 0 Å². The molecule has 2 aromatic rings. The molecule has 1 amide bonds. The van der Waals surface area contributed by atoms with Crippen molar-refractivity contribution in [3.63, 3.8) is 0 Å². The number of carbonyl (C=O) groups excluding carboxylic acids is 1. The Morgan fingerprint density at radius 3 is 2.70 bits per heavy atom. The largest absolute Gasteiger partial charge is 0.496 e. The first-order chi connectivity index (χ1) is 12.8. The van der Waals surface area contributed by atoms with Gasteiger partial charge in [0.2, 0.25) is 5.91 Å². The van der Waals surface area contributed by atoms with E-state index < -0.39 is 0 Å². The van der Waals surface area contributed by atoms with Gasteiger partial charge in [-0.25, -0.2) is 0 Å². The standard InChI is InChI=1S/C23H29NO3/c1-15-6-9-21-18(12-15)19(14-23(3,4)27-21)24-22(25)11-8-17-7-10-20(26-5)16(2)13-17/h6-7,9-10,12-13,19H,8,11,14H2,1-5H3,(H,24,25)/t19-/m0/s1. The minimum absolute atomic E-state index is 0.0197. The minimum atomic E-state index is -0.298. The maximum atomic E-state index is 12.6. The lowest BCUT2D eigenvalue weighted by Gasteiger charge is -2.38. The van der Waals surface area contributed by atoms with Crippen molar-refractivity contribution in [2.75, 3.05) is 7.11 Å². The van der Waals surface area contributed by atoms with Gasteiger partial charge in [-0.3, -0.25) is 4.79 Å². The molecule has 27 heavy (non-hydrogen) atoms. The second-order valence-corrected chi connectivity index (χ2v) is 8.03. The molecule has 0 saturated heterocycles. The molecule has 1 aliphatic rings. The number of ether oxygens (including phenoxy) is 2. The van der Waals surface area contributed by atoms with Crippen LogP contribution in [0.3, 0.4) is 0 Å². The monoisotopic (exact) mass is 367 g/mol. The summed E-state index contributed by atoms with van der Waals surface area (Å²) in [7, 11) is 1.67. The van der Waals surface area contributed by atoms with E-state index in [0.717, 1.165) is 34.6 Å². The van der Waals surface area contributed by atoms with Gasteiger partial charge < -0.3 is 14.8 Å². The lowest BCUT2D eigenvalue weighted by molar-refractivity contribution is -0.122. The normalized spacial score (nSPS) is 17.6. The molecule has 1 aliphatic heterocycles. The van der Waals surface area contributed by atoms with E-state index in [1.54, 1.807) is 7.11 Å². The fourth-order valence-corrected chi connectivity index (χ4v) is 3.72. The summed E-state index contributed by atoms with van der Waals surface area (Å²) in [6.45, 7) is 8.21. The Bertz CT molecular complexity index is 842. The molecule has 0 aliphatic carbocycles. The third-order valence-electron chi connectivity index (χ3n) is 5.06. The molecule has 0 bridgehead atoms. The number of hydrogen-bond donors (Lipinski definition) is 1. The average Bonchev–Trinajstić information content (AvgIpc) is 2.60. The van der Waals surface area contributed by atoms with Gasteiger partial charge in [0.1, 0.15) is 17.1 Å². The van der Waals surface area contributed by atoms with Crippen molar-refractivity contribution in [2.45, 2.75) is 58.6 Å². The molecule has 2 aromatic carbocycles. The number of aryl methyl sites for hydroxylation is 3. The number of benzene rings is 2. The summed E-state index contributed by atoms with van der Waals surface area (Å²) in [5.74, 6) is 1.81. The second kappa shape index (κ2) is 7.63. The van der Waals surface area contributed by atoms with Crippen LogP contribution in [-0.4, -0.2) is 18.6 Å². The van der Waals surface area contributed by atoms with Crippen LogP contribution in [0.25, 0.3) is 0 Å². The predicted molar refractivity (Wildman–Crippen MR) is 107 cm³/mol. The molecular formula is C23H29NO3. The summed E-state index contributed by atoms with van der Waals surface area (Å²) >= 11 is 0. The average molecular weight is 367 g/mol. The molecule has 1 N–H and O–H groups in total. The van der Waals surface area contributed by atoms with Gasteiger partial charge in [-0.05, 0) is 57.4 Å². The molecule has 4 nitrogen and oxygen atoms in total. The van der Waals surface area contributed by atoms with Crippen LogP contribution in [0.1, 0.15) is 55.0 Å². The first-order valence-electron chi connectivity index (χ1n) is 9.50. The highest BCUT2D eigenvalue weighted by Crippen LogP contribution is 2.39. The predicted octanol–water partition coefficient (Wildman–Crippen LogP) is 4.66. The molecule has 0 spiro atoms. The summed E-state index contributed by atoms with van der Waals surface area (Å²) in [6.07, 6.45) is 1.94. The maximum Gasteiger partial charge on any atom is 0.220 e. The van der Waals surface area contributed by atoms with Crippen molar-refractivity contribution in [3.05, 3.63) is 58.7 Å². The fourth-order valence-electron chi connectivity index (χ4n) is 3.72. The van der Waals surface area contributed by atoms with E-state index in [-0.39, 0.29) is 17.6 Å². The molecule has 1 atom stereocenters. The highest BCUT2D eigenvalue weighted by atomic mass is 16.5. The van der Waals surface area contributed by atoms with E-state index in [1.165, 1.54) is 5.56 Å². The van der Waals surface area contributed by atoms with Gasteiger partial charge in [0.15, 0.2) is 0 Å². The molecule has 3 rings (SSSR count). The van der Waals surface area contributed by atoms with E-state index in [0.29, 0.717) is 12.8 Å². The van der Waals surface area contributed by atoms with Crippen molar-refractivity contribution in [1.29, 1.82) is 0 Å². The number of amides is 1. The minimum Gasteiger partial charge on any atom is -0.496 e. The van der Waals surface area contributed by atoms with Gasteiger partial charge >= 0.3 is 0 Å². The molecule has 0 unspecified atom stereocenters. The number of methoxy groups -OCH3 is 1. The number of carbonyl (C=O) groups is 1. The molecular weight excluding hydrogens is 338 g/mol. The molecule has 144 valence electrons. The summed E-state index contributed by atoms with van der Waals surface area (Å²) < 4.78 is 11.4. The number of nitrogens with one attached hydrogen (secondary N) is 1. The van der Waals surface area contributed by atoms with E-state index in [1.807, 2.05) is 31.2 Å². The smallest absolute Gasteiger partial charge is 0.220 e. The Morgan fingerprint density at radius 1 is 1.22 bits per heavy atom. The summed E-state index contributed by atoms with van der Waals surface area (Å²) in [5.41, 5.74) is 4.18. The van der Waals surface area contributed by atoms with Crippen LogP contribution in [0, 0.1) is 13.8 Å². The Kier molecular flexibility index (Phi) is 5.45. The third-order valence-corrected chi connectivity index (χ3v) is 5.06. The third kappa shape index (κ3) is 4.62. The lowest BCUT2D eigenvalue weighted by Crippen LogP contribution is -2.41. The zero-order chi connectivity index (χ0) is 19.6. The maximum absolute atomic E-state index is 12.6. The van der Waals surface area contributed by atoms with Crippen LogP contribution in [-0.2, 0) is 11.2 Å². The molecule has 0 saturated carbocycles. The van der Waals surface area contributed by atoms with E-state index in [2.05, 4.69) is 38.2 Å². The van der Waals surface area contributed by atoms with Gasteiger partial charge in [0.25, 0.3) is 0 Å². The molecule has 0 fully saturated rings. The number of fused-ring (bicyclic) bond motifs is 1. The highest BCUT2D eigenvalue weighted by Gasteiger charge is 2.34. The van der Waals surface area contributed by atoms with Crippen LogP contribution in [0.15, 0.2) is 36.4 Å². The van der Waals surface area contributed by atoms with Crippen LogP contribution in [0.5, 0.6) is 11.5 Å². The van der Waals surface area contributed by atoms with Crippen molar-refractivity contribution in [3.8, 4) is 11.5 Å². The van der Waals surface area contributed by atoms with Crippen molar-refractivity contribution >= 4 is 5.91 Å². The van der Waals surface area contributed by atoms with Gasteiger partial charge in [-0.1, -0.05) is 29.8 Å². The Morgan fingerprint density at radius 2 is 2.00 bits per heavy atom. The van der Waals surface area contributed by atoms with Gasteiger partial charge in [0, 0.05) is 18.4 Å². The highest BCUT2D eigenvalue weighted by molar-refractivity contribution is 5.77. The Hall–Kier alpha value is -2.49. The first kappa shape index (κ1) is 19.3. The van der Waals surface area contributed by atoms with E-state index in [4.69, 9.17) is 9.47 Å². The van der Waals surface area contributed by atoms with Crippen LogP contribution >= 0.6 is 0 Å². The Labute approximate surface area is 161 Å². The fraction of sp³-hybridized carbons (Fsp3) is 0.435. The summed E-state index contributed by atoms with van der Waals surface area (Å²) in [5, 5.41) is 3.22. The quantitative estimate of drug-likeness (QED) is 0.836. The number of rotatable bonds is 5. The van der Waals surface area contributed by atoms with Crippen molar-refractivity contribution in [2.24, 2.45) is 0 Å². The number of hydrogen-bond acceptors (Lipinski definition) is 3. The molecule has 0 aromatic heterocycles. The molecule has 1 heterocycles. The van der Waals surface area contributed by atoms with Gasteiger partial charge in [0.05, 0.1) is 13.2 Å². The first-order valence-corrected chi connectivity index (χ1v) is 9.50. The van der Waals surface area contributed by atoms with Crippen LogP contribution in [0.4, 0.5) is 0 Å². The molecule has 0 radical (unpaired) electrons.